The highest BCUT2D eigenvalue weighted by Crippen LogP contribution is 2.62. The van der Waals surface area contributed by atoms with Gasteiger partial charge >= 0.3 is 5.97 Å². The van der Waals surface area contributed by atoms with E-state index in [0.29, 0.717) is 29.8 Å². The molecule has 0 amide bonds. The summed E-state index contributed by atoms with van der Waals surface area (Å²) in [5, 5.41) is 0. The van der Waals surface area contributed by atoms with Crippen LogP contribution in [-0.4, -0.2) is 37.6 Å². The van der Waals surface area contributed by atoms with Crippen molar-refractivity contribution in [2.45, 2.75) is 64.2 Å². The van der Waals surface area contributed by atoms with Crippen LogP contribution < -0.4 is 0 Å². The van der Waals surface area contributed by atoms with E-state index >= 15 is 0 Å². The summed E-state index contributed by atoms with van der Waals surface area (Å²) in [6.45, 7) is 8.92. The fourth-order valence-electron chi connectivity index (χ4n) is 5.66. The Morgan fingerprint density at radius 2 is 1.87 bits per heavy atom. The first-order chi connectivity index (χ1) is 14.7. The molecule has 0 aromatic heterocycles. The van der Waals surface area contributed by atoms with E-state index in [1.54, 1.807) is 43.3 Å². The predicted octanol–water partition coefficient (Wildman–Crippen LogP) is 4.19. The average Bonchev–Trinajstić information content (AvgIpc) is 2.75. The number of nitrogens with zero attached hydrogens (tertiary/aromatic N) is 1. The molecule has 1 aromatic rings. The number of ether oxygens (including phenoxy) is 2. The number of esters is 1. The van der Waals surface area contributed by atoms with Crippen LogP contribution in [0.3, 0.4) is 0 Å². The Kier molecular flexibility index (Phi) is 5.94. The lowest BCUT2D eigenvalue weighted by Gasteiger charge is -2.62. The van der Waals surface area contributed by atoms with Gasteiger partial charge in [-0.05, 0) is 55.1 Å². The summed E-state index contributed by atoms with van der Waals surface area (Å²) in [5.74, 6) is 0.656. The van der Waals surface area contributed by atoms with Crippen molar-refractivity contribution in [3.8, 4) is 0 Å². The molecule has 2 bridgehead atoms. The van der Waals surface area contributed by atoms with Crippen molar-refractivity contribution in [2.24, 2.45) is 29.1 Å². The van der Waals surface area contributed by atoms with Crippen molar-refractivity contribution >= 4 is 16.0 Å². The first-order valence-corrected chi connectivity index (χ1v) is 12.7. The maximum Gasteiger partial charge on any atom is 0.313 e. The summed E-state index contributed by atoms with van der Waals surface area (Å²) < 4.78 is 39.7. The number of benzene rings is 1. The van der Waals surface area contributed by atoms with Gasteiger partial charge in [0.1, 0.15) is 6.23 Å². The Bertz CT molecular complexity index is 942. The normalized spacial score (nSPS) is 34.1. The lowest BCUT2D eigenvalue weighted by molar-refractivity contribution is -0.200. The molecule has 1 heterocycles. The third-order valence-corrected chi connectivity index (χ3v) is 9.51. The maximum absolute atomic E-state index is 13.4. The molecular formula is C24H33NO5S. The van der Waals surface area contributed by atoms with Crippen molar-refractivity contribution in [1.29, 1.82) is 0 Å². The molecule has 5 rings (SSSR count). The summed E-state index contributed by atoms with van der Waals surface area (Å²) in [6, 6.07) is 8.36. The number of hydrogen-bond acceptors (Lipinski definition) is 5. The molecule has 0 saturated heterocycles. The van der Waals surface area contributed by atoms with Crippen LogP contribution in [0.5, 0.6) is 0 Å². The first-order valence-electron chi connectivity index (χ1n) is 11.2. The van der Waals surface area contributed by atoms with Crippen LogP contribution in [0.25, 0.3) is 0 Å². The van der Waals surface area contributed by atoms with Gasteiger partial charge in [-0.25, -0.2) is 12.7 Å². The van der Waals surface area contributed by atoms with Gasteiger partial charge in [0.05, 0.1) is 23.5 Å². The summed E-state index contributed by atoms with van der Waals surface area (Å²) in [7, 11) is -3.80. The largest absolute Gasteiger partial charge is 0.466 e. The summed E-state index contributed by atoms with van der Waals surface area (Å²) in [6.07, 6.45) is 4.73. The molecule has 0 unspecified atom stereocenters. The highest BCUT2D eigenvalue weighted by Gasteiger charge is 2.57. The second-order valence-electron chi connectivity index (χ2n) is 9.67. The van der Waals surface area contributed by atoms with E-state index in [1.165, 1.54) is 16.9 Å². The van der Waals surface area contributed by atoms with Crippen LogP contribution in [-0.2, 0) is 24.3 Å². The summed E-state index contributed by atoms with van der Waals surface area (Å²) >= 11 is 0. The lowest BCUT2D eigenvalue weighted by Crippen LogP contribution is -2.58. The smallest absolute Gasteiger partial charge is 0.313 e. The van der Waals surface area contributed by atoms with Crippen LogP contribution >= 0.6 is 0 Å². The predicted molar refractivity (Wildman–Crippen MR) is 117 cm³/mol. The molecular weight excluding hydrogens is 414 g/mol. The monoisotopic (exact) mass is 447 g/mol. The second-order valence-corrected chi connectivity index (χ2v) is 11.5. The van der Waals surface area contributed by atoms with E-state index < -0.39 is 22.2 Å². The van der Waals surface area contributed by atoms with E-state index in [0.717, 1.165) is 6.42 Å². The van der Waals surface area contributed by atoms with Crippen LogP contribution in [0.1, 0.15) is 47.0 Å². The third kappa shape index (κ3) is 3.91. The topological polar surface area (TPSA) is 72.9 Å². The summed E-state index contributed by atoms with van der Waals surface area (Å²) in [4.78, 5) is 12.6. The quantitative estimate of drug-likeness (QED) is 0.612. The van der Waals surface area contributed by atoms with Crippen LogP contribution in [0.4, 0.5) is 0 Å². The Labute approximate surface area is 185 Å². The van der Waals surface area contributed by atoms with E-state index in [9.17, 15) is 13.2 Å². The number of rotatable bonds is 6. The minimum absolute atomic E-state index is 0.0235. The summed E-state index contributed by atoms with van der Waals surface area (Å²) in [5.41, 5.74) is 0.314. The van der Waals surface area contributed by atoms with Crippen molar-refractivity contribution < 1.29 is 22.7 Å². The van der Waals surface area contributed by atoms with Gasteiger partial charge in [-0.3, -0.25) is 4.79 Å². The zero-order valence-corrected chi connectivity index (χ0v) is 19.5. The minimum Gasteiger partial charge on any atom is -0.466 e. The zero-order chi connectivity index (χ0) is 22.4. The second kappa shape index (κ2) is 8.24. The lowest BCUT2D eigenvalue weighted by atomic mass is 9.45. The molecule has 170 valence electrons. The van der Waals surface area contributed by atoms with Gasteiger partial charge in [0, 0.05) is 12.6 Å². The van der Waals surface area contributed by atoms with E-state index in [4.69, 9.17) is 9.47 Å². The molecule has 7 heteroatoms. The first kappa shape index (κ1) is 22.3. The van der Waals surface area contributed by atoms with Crippen LogP contribution in [0.15, 0.2) is 47.5 Å². The SMILES string of the molecule is CCOC(=O)[C@@H]1C=CN(S(=O)(=O)c2ccccc2)[C@H](O[C@@H]2C[C@@H]3C[C@H]([C@H]2C)C3(C)C)C1. The standard InChI is InChI=1S/C24H33NO5S/c1-5-29-23(26)17-11-12-25(31(27,28)19-9-7-6-8-10-19)22(13-17)30-21-15-18-14-20(16(21)2)24(18,3)4/h6-12,16-18,20-22H,5,13-15H2,1-4H3/t16-,17-,18+,20-,21-,22-/m1/s1. The van der Waals surface area contributed by atoms with E-state index in [2.05, 4.69) is 20.8 Å². The van der Waals surface area contributed by atoms with E-state index in [1.807, 2.05) is 0 Å². The van der Waals surface area contributed by atoms with Crippen molar-refractivity contribution in [3.05, 3.63) is 42.6 Å². The fourth-order valence-corrected chi connectivity index (χ4v) is 7.08. The van der Waals surface area contributed by atoms with Crippen molar-refractivity contribution in [3.63, 3.8) is 0 Å². The van der Waals surface area contributed by atoms with Gasteiger partial charge in [-0.2, -0.15) is 0 Å². The Hall–Kier alpha value is -1.86. The molecule has 3 fully saturated rings. The third-order valence-electron chi connectivity index (χ3n) is 7.73. The van der Waals surface area contributed by atoms with Crippen molar-refractivity contribution in [1.82, 2.24) is 4.31 Å². The van der Waals surface area contributed by atoms with Gasteiger partial charge < -0.3 is 9.47 Å². The maximum atomic E-state index is 13.4. The van der Waals surface area contributed by atoms with Crippen LogP contribution in [0, 0.1) is 29.1 Å². The van der Waals surface area contributed by atoms with Gasteiger partial charge in [0.25, 0.3) is 10.0 Å². The number of sulfonamides is 1. The molecule has 4 aliphatic rings. The molecule has 1 aliphatic heterocycles. The average molecular weight is 448 g/mol. The fraction of sp³-hybridized carbons (Fsp3) is 0.625. The van der Waals surface area contributed by atoms with Gasteiger partial charge in [0.2, 0.25) is 0 Å². The van der Waals surface area contributed by atoms with E-state index in [-0.39, 0.29) is 23.4 Å². The van der Waals surface area contributed by atoms with Gasteiger partial charge in [-0.15, -0.1) is 0 Å². The number of hydrogen-bond donors (Lipinski definition) is 0. The molecule has 0 spiro atoms. The Morgan fingerprint density at radius 3 is 2.48 bits per heavy atom. The molecule has 3 saturated carbocycles. The highest BCUT2D eigenvalue weighted by atomic mass is 32.2. The van der Waals surface area contributed by atoms with Crippen molar-refractivity contribution in [2.75, 3.05) is 6.61 Å². The van der Waals surface area contributed by atoms with Crippen LogP contribution in [0.2, 0.25) is 0 Å². The Morgan fingerprint density at radius 1 is 1.16 bits per heavy atom. The zero-order valence-electron chi connectivity index (χ0n) is 18.7. The Balaban J connectivity index is 1.60. The molecule has 6 nitrogen and oxygen atoms in total. The number of fused-ring (bicyclic) bond motifs is 2. The van der Waals surface area contributed by atoms with Gasteiger partial charge in [0.15, 0.2) is 0 Å². The molecule has 0 radical (unpaired) electrons. The molecule has 31 heavy (non-hydrogen) atoms. The molecule has 6 atom stereocenters. The molecule has 0 N–H and O–H groups in total. The molecule has 1 aromatic carbocycles. The molecule has 3 aliphatic carbocycles. The highest BCUT2D eigenvalue weighted by molar-refractivity contribution is 7.89. The number of carbonyl (C=O) groups is 1. The number of carbonyl (C=O) groups excluding carboxylic acids is 1. The minimum atomic E-state index is -3.80. The van der Waals surface area contributed by atoms with Gasteiger partial charge in [-0.1, -0.05) is 45.0 Å².